The van der Waals surface area contributed by atoms with Gasteiger partial charge in [0, 0.05) is 34.9 Å². The zero-order valence-corrected chi connectivity index (χ0v) is 19.1. The number of hydrogen-bond acceptors (Lipinski definition) is 2. The molecule has 0 radical (unpaired) electrons. The van der Waals surface area contributed by atoms with Crippen LogP contribution in [-0.2, 0) is 16.6 Å². The van der Waals surface area contributed by atoms with E-state index in [0.29, 0.717) is 5.69 Å². The van der Waals surface area contributed by atoms with Crippen LogP contribution in [0.15, 0.2) is 109 Å². The van der Waals surface area contributed by atoms with Crippen molar-refractivity contribution in [2.24, 2.45) is 0 Å². The van der Waals surface area contributed by atoms with Crippen molar-refractivity contribution in [2.75, 3.05) is 11.0 Å². The first-order valence-electron chi connectivity index (χ1n) is 10.8. The van der Waals surface area contributed by atoms with E-state index in [2.05, 4.69) is 64.0 Å². The van der Waals surface area contributed by atoms with E-state index in [1.807, 2.05) is 54.6 Å². The van der Waals surface area contributed by atoms with Crippen LogP contribution in [0.4, 0.5) is 5.69 Å². The van der Waals surface area contributed by atoms with Crippen molar-refractivity contribution in [2.45, 2.75) is 6.54 Å². The third-order valence-corrected chi connectivity index (χ3v) is 6.29. The van der Waals surface area contributed by atoms with Gasteiger partial charge in [-0.2, -0.15) is 0 Å². The van der Waals surface area contributed by atoms with Gasteiger partial charge in [0.05, 0.1) is 6.26 Å². The van der Waals surface area contributed by atoms with Crippen LogP contribution >= 0.6 is 0 Å². The van der Waals surface area contributed by atoms with Gasteiger partial charge in [0.1, 0.15) is 0 Å². The molecule has 0 spiro atoms. The lowest BCUT2D eigenvalue weighted by atomic mass is 10.0. The van der Waals surface area contributed by atoms with Crippen LogP contribution in [0, 0.1) is 0 Å². The fourth-order valence-corrected chi connectivity index (χ4v) is 4.74. The molecule has 0 saturated heterocycles. The second-order valence-electron chi connectivity index (χ2n) is 8.21. The molecule has 0 bridgehead atoms. The highest BCUT2D eigenvalue weighted by Gasteiger charge is 2.13. The highest BCUT2D eigenvalue weighted by atomic mass is 32.2. The Hall–Kier alpha value is -3.83. The highest BCUT2D eigenvalue weighted by Crippen LogP contribution is 2.33. The second kappa shape index (κ2) is 8.60. The van der Waals surface area contributed by atoms with E-state index in [4.69, 9.17) is 0 Å². The number of rotatable bonds is 6. The molecule has 0 aliphatic carbocycles. The Balaban J connectivity index is 1.54. The number of anilines is 1. The summed E-state index contributed by atoms with van der Waals surface area (Å²) >= 11 is 0. The van der Waals surface area contributed by atoms with Crippen LogP contribution in [0.2, 0.25) is 0 Å². The molecule has 164 valence electrons. The monoisotopic (exact) mass is 452 g/mol. The van der Waals surface area contributed by atoms with Crippen molar-refractivity contribution >= 4 is 26.6 Å². The smallest absolute Gasteiger partial charge is 0.229 e. The summed E-state index contributed by atoms with van der Waals surface area (Å²) in [5.41, 5.74) is 7.38. The van der Waals surface area contributed by atoms with E-state index in [9.17, 15) is 8.42 Å². The minimum atomic E-state index is -3.35. The van der Waals surface area contributed by atoms with Crippen molar-refractivity contribution in [3.63, 3.8) is 0 Å². The normalized spacial score (nSPS) is 11.5. The lowest BCUT2D eigenvalue weighted by Gasteiger charge is -2.08. The maximum Gasteiger partial charge on any atom is 0.229 e. The summed E-state index contributed by atoms with van der Waals surface area (Å²) in [5, 5.41) is 1.01. The van der Waals surface area contributed by atoms with Gasteiger partial charge in [0.25, 0.3) is 0 Å². The summed E-state index contributed by atoms with van der Waals surface area (Å²) in [7, 11) is -3.35. The van der Waals surface area contributed by atoms with E-state index in [-0.39, 0.29) is 0 Å². The number of nitrogens with one attached hydrogen (secondary N) is 1. The van der Waals surface area contributed by atoms with Crippen LogP contribution in [0.5, 0.6) is 0 Å². The lowest BCUT2D eigenvalue weighted by molar-refractivity contribution is 0.607. The minimum absolute atomic E-state index is 0.562. The van der Waals surface area contributed by atoms with Crippen molar-refractivity contribution in [1.82, 2.24) is 4.57 Å². The Morgan fingerprint density at radius 3 is 1.97 bits per heavy atom. The summed E-state index contributed by atoms with van der Waals surface area (Å²) < 4.78 is 28.3. The Labute approximate surface area is 194 Å². The Morgan fingerprint density at radius 2 is 1.33 bits per heavy atom. The topological polar surface area (TPSA) is 51.1 Å². The standard InChI is InChI=1S/C28H24N2O2S/c1-33(31,32)29-25-16-17-28-26(18-25)27(24-10-6-3-7-11-24)20-30(28)19-21-12-14-23(15-13-21)22-8-4-2-5-9-22/h2-18,20,29H,19H2,1H3. The molecule has 5 heteroatoms. The fourth-order valence-electron chi connectivity index (χ4n) is 4.18. The predicted octanol–water partition coefficient (Wildman–Crippen LogP) is 6.40. The Bertz CT molecular complexity index is 1510. The van der Waals surface area contributed by atoms with E-state index in [0.717, 1.165) is 28.6 Å². The number of hydrogen-bond donors (Lipinski definition) is 1. The summed E-state index contributed by atoms with van der Waals surface area (Å²) in [6, 6.07) is 34.9. The van der Waals surface area contributed by atoms with Gasteiger partial charge < -0.3 is 4.57 Å². The van der Waals surface area contributed by atoms with Crippen LogP contribution < -0.4 is 4.72 Å². The molecule has 0 amide bonds. The third-order valence-electron chi connectivity index (χ3n) is 5.68. The molecule has 0 saturated carbocycles. The SMILES string of the molecule is CS(=O)(=O)Nc1ccc2c(c1)c(-c1ccccc1)cn2Cc1ccc(-c2ccccc2)cc1. The maximum atomic E-state index is 11.8. The van der Waals surface area contributed by atoms with E-state index in [1.54, 1.807) is 0 Å². The number of benzene rings is 4. The van der Waals surface area contributed by atoms with Gasteiger partial charge in [-0.05, 0) is 40.5 Å². The molecule has 5 rings (SSSR count). The molecule has 0 aliphatic rings. The molecular weight excluding hydrogens is 428 g/mol. The average Bonchev–Trinajstić information content (AvgIpc) is 3.17. The van der Waals surface area contributed by atoms with E-state index < -0.39 is 10.0 Å². The van der Waals surface area contributed by atoms with Crippen LogP contribution in [0.25, 0.3) is 33.2 Å². The molecule has 0 aliphatic heterocycles. The van der Waals surface area contributed by atoms with Crippen LogP contribution in [0.1, 0.15) is 5.56 Å². The van der Waals surface area contributed by atoms with Gasteiger partial charge in [-0.15, -0.1) is 0 Å². The lowest BCUT2D eigenvalue weighted by Crippen LogP contribution is -2.09. The fraction of sp³-hybridized carbons (Fsp3) is 0.0714. The van der Waals surface area contributed by atoms with E-state index >= 15 is 0 Å². The van der Waals surface area contributed by atoms with Gasteiger partial charge in [0.15, 0.2) is 0 Å². The zero-order chi connectivity index (χ0) is 22.8. The molecule has 4 nitrogen and oxygen atoms in total. The molecule has 5 aromatic rings. The van der Waals surface area contributed by atoms with Gasteiger partial charge in [0.2, 0.25) is 10.0 Å². The first-order chi connectivity index (χ1) is 16.0. The Kier molecular flexibility index (Phi) is 5.48. The van der Waals surface area contributed by atoms with Crippen molar-refractivity contribution < 1.29 is 8.42 Å². The summed E-state index contributed by atoms with van der Waals surface area (Å²) in [4.78, 5) is 0. The molecule has 1 heterocycles. The third kappa shape index (κ3) is 4.69. The van der Waals surface area contributed by atoms with Gasteiger partial charge >= 0.3 is 0 Å². The molecule has 0 atom stereocenters. The maximum absolute atomic E-state index is 11.8. The van der Waals surface area contributed by atoms with Crippen molar-refractivity contribution in [1.29, 1.82) is 0 Å². The summed E-state index contributed by atoms with van der Waals surface area (Å²) in [6.45, 7) is 0.719. The second-order valence-corrected chi connectivity index (χ2v) is 9.95. The van der Waals surface area contributed by atoms with Gasteiger partial charge in [-0.1, -0.05) is 84.9 Å². The molecule has 33 heavy (non-hydrogen) atoms. The predicted molar refractivity (Wildman–Crippen MR) is 137 cm³/mol. The van der Waals surface area contributed by atoms with Crippen molar-refractivity contribution in [3.8, 4) is 22.3 Å². The number of aromatic nitrogens is 1. The van der Waals surface area contributed by atoms with Gasteiger partial charge in [-0.25, -0.2) is 8.42 Å². The van der Waals surface area contributed by atoms with E-state index in [1.165, 1.54) is 22.9 Å². The average molecular weight is 453 g/mol. The minimum Gasteiger partial charge on any atom is -0.342 e. The number of sulfonamides is 1. The molecule has 1 N–H and O–H groups in total. The largest absolute Gasteiger partial charge is 0.342 e. The molecule has 0 unspecified atom stereocenters. The van der Waals surface area contributed by atoms with Gasteiger partial charge in [-0.3, -0.25) is 4.72 Å². The molecule has 4 aromatic carbocycles. The van der Waals surface area contributed by atoms with Crippen LogP contribution in [0.3, 0.4) is 0 Å². The summed E-state index contributed by atoms with van der Waals surface area (Å²) in [6.07, 6.45) is 3.31. The molecular formula is C28H24N2O2S. The molecule has 1 aromatic heterocycles. The Morgan fingerprint density at radius 1 is 0.727 bits per heavy atom. The number of fused-ring (bicyclic) bond motifs is 1. The quantitative estimate of drug-likeness (QED) is 0.324. The number of nitrogens with zero attached hydrogens (tertiary/aromatic N) is 1. The first kappa shape index (κ1) is 21.0. The zero-order valence-electron chi connectivity index (χ0n) is 18.3. The molecule has 0 fully saturated rings. The van der Waals surface area contributed by atoms with Crippen molar-refractivity contribution in [3.05, 3.63) is 115 Å². The summed E-state index contributed by atoms with van der Waals surface area (Å²) in [5.74, 6) is 0. The van der Waals surface area contributed by atoms with Crippen LogP contribution in [-0.4, -0.2) is 19.2 Å². The first-order valence-corrected chi connectivity index (χ1v) is 12.7. The highest BCUT2D eigenvalue weighted by molar-refractivity contribution is 7.92.